The third-order valence-electron chi connectivity index (χ3n) is 8.81. The van der Waals surface area contributed by atoms with E-state index in [1.807, 2.05) is 12.1 Å². The van der Waals surface area contributed by atoms with Crippen LogP contribution in [-0.4, -0.2) is 81.2 Å². The minimum absolute atomic E-state index is 0.257. The van der Waals surface area contributed by atoms with Crippen molar-refractivity contribution in [2.24, 2.45) is 17.6 Å². The summed E-state index contributed by atoms with van der Waals surface area (Å²) in [7, 11) is 2.99. The van der Waals surface area contributed by atoms with Crippen LogP contribution in [-0.2, 0) is 19.8 Å². The molecule has 1 aromatic carbocycles. The zero-order valence-electron chi connectivity index (χ0n) is 21.4. The van der Waals surface area contributed by atoms with Gasteiger partial charge in [-0.1, -0.05) is 32.9 Å². The number of amides is 1. The average Bonchev–Trinajstić information content (AvgIpc) is 2.80. The molecule has 5 rings (SSSR count). The number of nitrogens with zero attached hydrogens (tertiary/aromatic N) is 1. The number of primary amides is 1. The van der Waals surface area contributed by atoms with Gasteiger partial charge in [-0.05, 0) is 37.4 Å². The molecule has 1 unspecified atom stereocenters. The highest BCUT2D eigenvalue weighted by Gasteiger charge is 2.68. The summed E-state index contributed by atoms with van der Waals surface area (Å²) in [6.45, 7) is 6.30. The van der Waals surface area contributed by atoms with E-state index < -0.39 is 70.1 Å². The van der Waals surface area contributed by atoms with Crippen molar-refractivity contribution < 1.29 is 39.5 Å². The second-order valence-electron chi connectivity index (χ2n) is 11.4. The maximum absolute atomic E-state index is 14.1. The van der Waals surface area contributed by atoms with Crippen LogP contribution in [0.3, 0.4) is 0 Å². The summed E-state index contributed by atoms with van der Waals surface area (Å²) in [5.74, 6) is -7.59. The number of ketones is 2. The summed E-state index contributed by atoms with van der Waals surface area (Å²) in [6.07, 6.45) is -0.800. The normalized spacial score (nSPS) is 34.4. The van der Waals surface area contributed by atoms with Crippen molar-refractivity contribution in [2.75, 3.05) is 20.7 Å². The van der Waals surface area contributed by atoms with Gasteiger partial charge < -0.3 is 30.9 Å². The molecular weight excluding hydrogens is 480 g/mol. The van der Waals surface area contributed by atoms with Crippen molar-refractivity contribution in [3.05, 3.63) is 45.7 Å². The molecule has 1 aromatic rings. The van der Waals surface area contributed by atoms with Gasteiger partial charge in [0, 0.05) is 17.1 Å². The molecule has 6 N–H and O–H groups in total. The van der Waals surface area contributed by atoms with Crippen LogP contribution >= 0.6 is 0 Å². The van der Waals surface area contributed by atoms with E-state index in [2.05, 4.69) is 13.8 Å². The number of carbonyl (C=O) groups excluding carboxylic acids is 3. The van der Waals surface area contributed by atoms with E-state index in [1.165, 1.54) is 19.0 Å². The maximum atomic E-state index is 14.1. The van der Waals surface area contributed by atoms with E-state index in [1.54, 1.807) is 6.92 Å². The lowest BCUT2D eigenvalue weighted by Crippen LogP contribution is -2.70. The van der Waals surface area contributed by atoms with Crippen molar-refractivity contribution in [1.29, 1.82) is 0 Å². The highest BCUT2D eigenvalue weighted by Crippen LogP contribution is 2.57. The second kappa shape index (κ2) is 7.89. The predicted octanol–water partition coefficient (Wildman–Crippen LogP) is 0.850. The first-order valence-electron chi connectivity index (χ1n) is 12.3. The lowest BCUT2D eigenvalue weighted by molar-refractivity contribution is -0.169. The topological polar surface area (TPSA) is 171 Å². The number of likely N-dealkylation sites (N-methyl/N-ethyl adjacent to an activating group) is 1. The molecule has 1 heterocycles. The van der Waals surface area contributed by atoms with E-state index >= 15 is 0 Å². The Hall–Kier alpha value is -3.21. The standard InChI is InChI=1S/C27H32N2O8/c1-10-11-6-7-12-22(37-9-8-26(12,2)3)14(11)19(30)15-13(10)20(31)17-18(29(4)5)21(32)16(25(28)35)24(34)27(17,36)23(15)33/h6-7,10,13,17-18,20,30-31,34,36H,8-9H2,1-5H3,(H2,28,35)/t10-,13+,17+,18?,20-,27-/m0/s1. The molecule has 1 saturated carbocycles. The van der Waals surface area contributed by atoms with E-state index in [0.717, 1.165) is 12.0 Å². The average molecular weight is 513 g/mol. The summed E-state index contributed by atoms with van der Waals surface area (Å²) in [4.78, 5) is 40.8. The zero-order chi connectivity index (χ0) is 27.4. The van der Waals surface area contributed by atoms with Gasteiger partial charge in [-0.2, -0.15) is 0 Å². The van der Waals surface area contributed by atoms with Crippen molar-refractivity contribution >= 4 is 23.2 Å². The van der Waals surface area contributed by atoms with Crippen molar-refractivity contribution in [3.8, 4) is 5.75 Å². The van der Waals surface area contributed by atoms with E-state index in [0.29, 0.717) is 23.5 Å². The second-order valence-corrected chi connectivity index (χ2v) is 11.4. The molecule has 0 saturated heterocycles. The Bertz CT molecular complexity index is 1330. The Morgan fingerprint density at radius 2 is 1.84 bits per heavy atom. The first-order valence-corrected chi connectivity index (χ1v) is 12.3. The number of benzene rings is 1. The van der Waals surface area contributed by atoms with Gasteiger partial charge in [-0.25, -0.2) is 0 Å². The molecule has 0 bridgehead atoms. The molecule has 37 heavy (non-hydrogen) atoms. The van der Waals surface area contributed by atoms with E-state index in [9.17, 15) is 34.8 Å². The number of hydrogen-bond donors (Lipinski definition) is 5. The van der Waals surface area contributed by atoms with Crippen LogP contribution in [0.1, 0.15) is 49.8 Å². The van der Waals surface area contributed by atoms with E-state index in [-0.39, 0.29) is 11.0 Å². The van der Waals surface area contributed by atoms with Crippen molar-refractivity contribution in [2.45, 2.75) is 56.3 Å². The highest BCUT2D eigenvalue weighted by molar-refractivity contribution is 6.24. The summed E-state index contributed by atoms with van der Waals surface area (Å²) in [5, 5.41) is 46.0. The number of aliphatic hydroxyl groups excluding tert-OH is 3. The number of hydrogen-bond acceptors (Lipinski definition) is 9. The van der Waals surface area contributed by atoms with Gasteiger partial charge in [0.1, 0.15) is 22.8 Å². The Balaban J connectivity index is 1.81. The summed E-state index contributed by atoms with van der Waals surface area (Å²) in [6, 6.07) is 2.43. The third-order valence-corrected chi connectivity index (χ3v) is 8.81. The summed E-state index contributed by atoms with van der Waals surface area (Å²) in [5.41, 5.74) is 2.87. The van der Waals surface area contributed by atoms with Crippen LogP contribution in [0.15, 0.2) is 29.0 Å². The number of ether oxygens (including phenoxy) is 1. The number of nitrogens with two attached hydrogens (primary N) is 1. The fourth-order valence-electron chi connectivity index (χ4n) is 6.83. The van der Waals surface area contributed by atoms with Crippen molar-refractivity contribution in [3.63, 3.8) is 0 Å². The third kappa shape index (κ3) is 3.06. The van der Waals surface area contributed by atoms with Crippen LogP contribution < -0.4 is 10.5 Å². The molecule has 3 aliphatic carbocycles. The lowest BCUT2D eigenvalue weighted by atomic mass is 9.54. The number of carbonyl (C=O) groups is 3. The Morgan fingerprint density at radius 1 is 1.19 bits per heavy atom. The van der Waals surface area contributed by atoms with Gasteiger partial charge in [0.2, 0.25) is 5.78 Å². The highest BCUT2D eigenvalue weighted by atomic mass is 16.5. The van der Waals surface area contributed by atoms with Crippen LogP contribution in [0.2, 0.25) is 0 Å². The van der Waals surface area contributed by atoms with Crippen LogP contribution in [0, 0.1) is 11.8 Å². The molecule has 1 fully saturated rings. The van der Waals surface area contributed by atoms with Crippen molar-refractivity contribution in [1.82, 2.24) is 4.90 Å². The SMILES string of the molecule is C[C@H]1c2ccc3c(c2C(O)=C2C(=O)[C@]4(O)C(O)=C(C(N)=O)C(=O)C(N(C)C)[C@@H]4[C@@H](O)[C@@H]21)OCCC3(C)C. The molecule has 0 spiro atoms. The zero-order valence-corrected chi connectivity index (χ0v) is 21.4. The van der Waals surface area contributed by atoms with Crippen LogP contribution in [0.4, 0.5) is 0 Å². The Morgan fingerprint density at radius 3 is 2.43 bits per heavy atom. The minimum Gasteiger partial charge on any atom is -0.508 e. The fourth-order valence-corrected chi connectivity index (χ4v) is 6.83. The van der Waals surface area contributed by atoms with Gasteiger partial charge in [0.25, 0.3) is 5.91 Å². The monoisotopic (exact) mass is 512 g/mol. The lowest BCUT2D eigenvalue weighted by Gasteiger charge is -2.54. The van der Waals surface area contributed by atoms with Crippen LogP contribution in [0.5, 0.6) is 5.75 Å². The minimum atomic E-state index is -2.86. The molecule has 0 aromatic heterocycles. The molecule has 1 aliphatic heterocycles. The number of aliphatic hydroxyl groups is 4. The van der Waals surface area contributed by atoms with Gasteiger partial charge in [-0.3, -0.25) is 19.3 Å². The number of Topliss-reactive ketones (excluding diaryl/α,β-unsaturated/α-hetero) is 2. The molecular formula is C27H32N2O8. The predicted molar refractivity (Wildman–Crippen MR) is 132 cm³/mol. The quantitative estimate of drug-likeness (QED) is 0.360. The van der Waals surface area contributed by atoms with Gasteiger partial charge >= 0.3 is 0 Å². The first-order chi connectivity index (χ1) is 17.2. The van der Waals surface area contributed by atoms with Gasteiger partial charge in [0.15, 0.2) is 11.4 Å². The van der Waals surface area contributed by atoms with E-state index in [4.69, 9.17) is 10.5 Å². The molecule has 10 heteroatoms. The van der Waals surface area contributed by atoms with Gasteiger partial charge in [0.05, 0.1) is 30.2 Å². The maximum Gasteiger partial charge on any atom is 0.255 e. The smallest absolute Gasteiger partial charge is 0.255 e. The van der Waals surface area contributed by atoms with Crippen LogP contribution in [0.25, 0.3) is 5.76 Å². The molecule has 198 valence electrons. The molecule has 1 amide bonds. The Kier molecular flexibility index (Phi) is 5.43. The molecule has 6 atom stereocenters. The Labute approximate surface area is 214 Å². The summed E-state index contributed by atoms with van der Waals surface area (Å²) >= 11 is 0. The number of fused-ring (bicyclic) bond motifs is 5. The number of rotatable bonds is 2. The van der Waals surface area contributed by atoms with Gasteiger partial charge in [-0.15, -0.1) is 0 Å². The first kappa shape index (κ1) is 25.4. The molecule has 10 nitrogen and oxygen atoms in total. The fraction of sp³-hybridized carbons (Fsp3) is 0.519. The summed E-state index contributed by atoms with van der Waals surface area (Å²) < 4.78 is 5.98. The molecule has 0 radical (unpaired) electrons. The largest absolute Gasteiger partial charge is 0.508 e. The molecule has 4 aliphatic rings.